The predicted octanol–water partition coefficient (Wildman–Crippen LogP) is 2.84. The van der Waals surface area contributed by atoms with Crippen molar-refractivity contribution in [1.29, 1.82) is 0 Å². The van der Waals surface area contributed by atoms with Crippen LogP contribution in [-0.2, 0) is 0 Å². The molecular formula is C8H13NOS. The lowest BCUT2D eigenvalue weighted by molar-refractivity contribution is 0.478. The largest absolute Gasteiger partial charge is 0.448 e. The van der Waals surface area contributed by atoms with Crippen LogP contribution >= 0.6 is 12.6 Å². The fraction of sp³-hybridized carbons (Fsp3) is 0.625. The van der Waals surface area contributed by atoms with E-state index in [1.165, 1.54) is 12.8 Å². The monoisotopic (exact) mass is 171 g/mol. The average molecular weight is 171 g/mol. The first-order chi connectivity index (χ1) is 5.34. The van der Waals surface area contributed by atoms with Crippen LogP contribution in [0.5, 0.6) is 0 Å². The molecule has 1 atom stereocenters. The van der Waals surface area contributed by atoms with Gasteiger partial charge in [-0.15, -0.1) is 0 Å². The molecular weight excluding hydrogens is 158 g/mol. The van der Waals surface area contributed by atoms with Crippen molar-refractivity contribution in [1.82, 2.24) is 4.98 Å². The summed E-state index contributed by atoms with van der Waals surface area (Å²) in [5, 5.41) is 0.171. The molecule has 0 radical (unpaired) electrons. The molecule has 0 saturated heterocycles. The van der Waals surface area contributed by atoms with Gasteiger partial charge in [-0.25, -0.2) is 4.98 Å². The standard InChI is InChI=1S/C8H13NOS/c1-2-3-4-7(11)8-9-5-6-10-8/h5-7,11H,2-4H2,1H3. The first kappa shape index (κ1) is 8.65. The van der Waals surface area contributed by atoms with Crippen LogP contribution in [0.3, 0.4) is 0 Å². The SMILES string of the molecule is CCCCC(S)c1ncco1. The van der Waals surface area contributed by atoms with Gasteiger partial charge in [0.15, 0.2) is 0 Å². The van der Waals surface area contributed by atoms with Crippen molar-refractivity contribution < 1.29 is 4.42 Å². The molecule has 1 aromatic heterocycles. The highest BCUT2D eigenvalue weighted by Crippen LogP contribution is 2.23. The van der Waals surface area contributed by atoms with Crippen molar-refractivity contribution in [3.63, 3.8) is 0 Å². The molecule has 0 aliphatic carbocycles. The van der Waals surface area contributed by atoms with Gasteiger partial charge in [0.25, 0.3) is 0 Å². The summed E-state index contributed by atoms with van der Waals surface area (Å²) < 4.78 is 5.10. The predicted molar refractivity (Wildman–Crippen MR) is 47.8 cm³/mol. The van der Waals surface area contributed by atoms with Crippen molar-refractivity contribution in [3.8, 4) is 0 Å². The highest BCUT2D eigenvalue weighted by Gasteiger charge is 2.08. The van der Waals surface area contributed by atoms with Gasteiger partial charge >= 0.3 is 0 Å². The van der Waals surface area contributed by atoms with Gasteiger partial charge in [0.05, 0.1) is 11.4 Å². The fourth-order valence-corrected chi connectivity index (χ4v) is 1.23. The molecule has 11 heavy (non-hydrogen) atoms. The van der Waals surface area contributed by atoms with Gasteiger partial charge in [-0.05, 0) is 6.42 Å². The maximum atomic E-state index is 5.10. The van der Waals surface area contributed by atoms with E-state index in [0.29, 0.717) is 0 Å². The summed E-state index contributed by atoms with van der Waals surface area (Å²) >= 11 is 4.36. The summed E-state index contributed by atoms with van der Waals surface area (Å²) in [6, 6.07) is 0. The van der Waals surface area contributed by atoms with Gasteiger partial charge in [-0.1, -0.05) is 19.8 Å². The Morgan fingerprint density at radius 2 is 2.55 bits per heavy atom. The van der Waals surface area contributed by atoms with Gasteiger partial charge in [0.2, 0.25) is 5.89 Å². The number of unbranched alkanes of at least 4 members (excludes halogenated alkanes) is 1. The summed E-state index contributed by atoms with van der Waals surface area (Å²) in [7, 11) is 0. The van der Waals surface area contributed by atoms with E-state index in [2.05, 4.69) is 24.5 Å². The topological polar surface area (TPSA) is 26.0 Å². The second-order valence-electron chi connectivity index (χ2n) is 2.53. The van der Waals surface area contributed by atoms with E-state index in [0.717, 1.165) is 12.3 Å². The summed E-state index contributed by atoms with van der Waals surface area (Å²) in [5.74, 6) is 0.738. The van der Waals surface area contributed by atoms with Gasteiger partial charge in [-0.3, -0.25) is 0 Å². The molecule has 62 valence electrons. The summed E-state index contributed by atoms with van der Waals surface area (Å²) in [6.07, 6.45) is 6.66. The van der Waals surface area contributed by atoms with Crippen molar-refractivity contribution in [2.24, 2.45) is 0 Å². The van der Waals surface area contributed by atoms with Crippen molar-refractivity contribution in [2.75, 3.05) is 0 Å². The second kappa shape index (κ2) is 4.44. The van der Waals surface area contributed by atoms with E-state index in [1.807, 2.05) is 0 Å². The highest BCUT2D eigenvalue weighted by atomic mass is 32.1. The summed E-state index contributed by atoms with van der Waals surface area (Å²) in [6.45, 7) is 2.16. The van der Waals surface area contributed by atoms with Crippen LogP contribution in [0.25, 0.3) is 0 Å². The van der Waals surface area contributed by atoms with Gasteiger partial charge in [0.1, 0.15) is 6.26 Å². The number of aromatic nitrogens is 1. The molecule has 0 aliphatic heterocycles. The Hall–Kier alpha value is -0.440. The lowest BCUT2D eigenvalue weighted by Crippen LogP contribution is -1.89. The van der Waals surface area contributed by atoms with E-state index in [9.17, 15) is 0 Å². The Labute approximate surface area is 72.4 Å². The molecule has 0 bridgehead atoms. The minimum absolute atomic E-state index is 0.171. The molecule has 0 spiro atoms. The lowest BCUT2D eigenvalue weighted by atomic mass is 10.2. The van der Waals surface area contributed by atoms with Crippen LogP contribution in [0.1, 0.15) is 37.3 Å². The maximum absolute atomic E-state index is 5.10. The molecule has 0 amide bonds. The summed E-state index contributed by atoms with van der Waals surface area (Å²) in [5.41, 5.74) is 0. The zero-order valence-electron chi connectivity index (χ0n) is 6.66. The van der Waals surface area contributed by atoms with Crippen LogP contribution < -0.4 is 0 Å². The molecule has 0 N–H and O–H groups in total. The van der Waals surface area contributed by atoms with E-state index < -0.39 is 0 Å². The number of oxazole rings is 1. The molecule has 1 unspecified atom stereocenters. The van der Waals surface area contributed by atoms with Crippen molar-refractivity contribution in [2.45, 2.75) is 31.4 Å². The number of thiol groups is 1. The first-order valence-electron chi connectivity index (χ1n) is 3.92. The zero-order valence-corrected chi connectivity index (χ0v) is 7.55. The molecule has 0 aliphatic rings. The van der Waals surface area contributed by atoms with Crippen LogP contribution in [0, 0.1) is 0 Å². The fourth-order valence-electron chi connectivity index (χ4n) is 0.920. The first-order valence-corrected chi connectivity index (χ1v) is 4.43. The quantitative estimate of drug-likeness (QED) is 0.705. The Kier molecular flexibility index (Phi) is 3.49. The lowest BCUT2D eigenvalue weighted by Gasteiger charge is -2.03. The van der Waals surface area contributed by atoms with Gasteiger partial charge in [0, 0.05) is 0 Å². The molecule has 0 aromatic carbocycles. The normalized spacial score (nSPS) is 13.3. The van der Waals surface area contributed by atoms with E-state index in [1.54, 1.807) is 12.5 Å². The molecule has 0 fully saturated rings. The molecule has 2 nitrogen and oxygen atoms in total. The third kappa shape index (κ3) is 2.58. The van der Waals surface area contributed by atoms with Crippen LogP contribution in [-0.4, -0.2) is 4.98 Å². The van der Waals surface area contributed by atoms with E-state index in [4.69, 9.17) is 4.42 Å². The highest BCUT2D eigenvalue weighted by molar-refractivity contribution is 7.80. The Balaban J connectivity index is 2.36. The Morgan fingerprint density at radius 1 is 1.73 bits per heavy atom. The number of hydrogen-bond donors (Lipinski definition) is 1. The minimum Gasteiger partial charge on any atom is -0.448 e. The smallest absolute Gasteiger partial charge is 0.206 e. The molecule has 0 saturated carbocycles. The molecule has 1 heterocycles. The maximum Gasteiger partial charge on any atom is 0.206 e. The third-order valence-corrected chi connectivity index (χ3v) is 2.05. The Bertz CT molecular complexity index is 186. The number of hydrogen-bond acceptors (Lipinski definition) is 3. The number of nitrogens with zero attached hydrogens (tertiary/aromatic N) is 1. The summed E-state index contributed by atoms with van der Waals surface area (Å²) in [4.78, 5) is 4.03. The second-order valence-corrected chi connectivity index (χ2v) is 3.15. The van der Waals surface area contributed by atoms with E-state index >= 15 is 0 Å². The Morgan fingerprint density at radius 3 is 3.09 bits per heavy atom. The van der Waals surface area contributed by atoms with Gasteiger partial charge in [-0.2, -0.15) is 12.6 Å². The number of rotatable bonds is 4. The molecule has 1 aromatic rings. The van der Waals surface area contributed by atoms with Gasteiger partial charge < -0.3 is 4.42 Å². The van der Waals surface area contributed by atoms with Crippen LogP contribution in [0.15, 0.2) is 16.9 Å². The molecule has 3 heteroatoms. The van der Waals surface area contributed by atoms with Crippen LogP contribution in [0.4, 0.5) is 0 Å². The minimum atomic E-state index is 0.171. The third-order valence-electron chi connectivity index (χ3n) is 1.57. The van der Waals surface area contributed by atoms with E-state index in [-0.39, 0.29) is 5.25 Å². The van der Waals surface area contributed by atoms with Crippen LogP contribution in [0.2, 0.25) is 0 Å². The molecule has 1 rings (SSSR count). The zero-order chi connectivity index (χ0) is 8.10. The van der Waals surface area contributed by atoms with Crippen molar-refractivity contribution in [3.05, 3.63) is 18.4 Å². The average Bonchev–Trinajstić information content (AvgIpc) is 2.52. The van der Waals surface area contributed by atoms with Crippen molar-refractivity contribution >= 4 is 12.6 Å².